The van der Waals surface area contributed by atoms with E-state index in [0.717, 1.165) is 6.07 Å². The van der Waals surface area contributed by atoms with E-state index in [1.54, 1.807) is 6.92 Å². The zero-order valence-electron chi connectivity index (χ0n) is 12.2. The fraction of sp³-hybridized carbons (Fsp3) is 0.429. The van der Waals surface area contributed by atoms with Crippen molar-refractivity contribution in [2.75, 3.05) is 19.8 Å². The lowest BCUT2D eigenvalue weighted by Crippen LogP contribution is -2.36. The van der Waals surface area contributed by atoms with Crippen molar-refractivity contribution in [3.63, 3.8) is 0 Å². The molecule has 2 rings (SSSR count). The van der Waals surface area contributed by atoms with E-state index in [9.17, 15) is 8.78 Å². The summed E-state index contributed by atoms with van der Waals surface area (Å²) in [6.45, 7) is 1.72. The van der Waals surface area contributed by atoms with Gasteiger partial charge in [0, 0.05) is 11.6 Å². The lowest BCUT2D eigenvalue weighted by molar-refractivity contribution is -0.0465. The summed E-state index contributed by atoms with van der Waals surface area (Å²) in [5.74, 6) is -2.62. The van der Waals surface area contributed by atoms with Crippen LogP contribution in [0.5, 0.6) is 0 Å². The molecule has 1 aliphatic rings. The van der Waals surface area contributed by atoms with Gasteiger partial charge in [0.25, 0.3) is 0 Å². The van der Waals surface area contributed by atoms with Gasteiger partial charge in [0.05, 0.1) is 25.4 Å². The van der Waals surface area contributed by atoms with Crippen LogP contribution in [-0.4, -0.2) is 42.0 Å². The second-order valence-electron chi connectivity index (χ2n) is 4.88. The van der Waals surface area contributed by atoms with E-state index >= 15 is 0 Å². The molecule has 1 heterocycles. The van der Waals surface area contributed by atoms with Gasteiger partial charge in [-0.1, -0.05) is 5.16 Å². The second-order valence-corrected chi connectivity index (χ2v) is 4.88. The number of hydrogen-bond acceptors (Lipinski definition) is 6. The number of amidine groups is 1. The Labute approximate surface area is 130 Å². The average molecular weight is 327 g/mol. The van der Waals surface area contributed by atoms with Crippen molar-refractivity contribution in [2.24, 2.45) is 5.16 Å². The molecule has 0 amide bonds. The van der Waals surface area contributed by atoms with E-state index in [0.29, 0.717) is 0 Å². The fourth-order valence-electron chi connectivity index (χ4n) is 2.08. The number of aliphatic hydroxyl groups is 1. The van der Waals surface area contributed by atoms with Crippen LogP contribution in [0.1, 0.15) is 29.9 Å². The lowest BCUT2D eigenvalue weighted by Gasteiger charge is -2.17. The molecule has 3 N–H and O–H groups in total. The van der Waals surface area contributed by atoms with Crippen molar-refractivity contribution in [2.45, 2.75) is 19.3 Å². The van der Waals surface area contributed by atoms with Crippen molar-refractivity contribution >= 4 is 5.84 Å². The Bertz CT molecular complexity index is 654. The van der Waals surface area contributed by atoms with Gasteiger partial charge in [-0.25, -0.2) is 8.78 Å². The van der Waals surface area contributed by atoms with E-state index < -0.39 is 29.5 Å². The average Bonchev–Trinajstić information content (AvgIpc) is 3.07. The van der Waals surface area contributed by atoms with Gasteiger partial charge < -0.3 is 25.1 Å². The molecular formula is C14H15F2N3O4. The first-order chi connectivity index (χ1) is 11.0. The molecule has 1 aromatic rings. The molecule has 1 aliphatic heterocycles. The summed E-state index contributed by atoms with van der Waals surface area (Å²) in [7, 11) is 0. The molecule has 1 saturated heterocycles. The van der Waals surface area contributed by atoms with Gasteiger partial charge in [0.1, 0.15) is 11.6 Å². The first-order valence-corrected chi connectivity index (χ1v) is 6.78. The zero-order valence-corrected chi connectivity index (χ0v) is 12.2. The maximum absolute atomic E-state index is 14.4. The van der Waals surface area contributed by atoms with Crippen LogP contribution in [-0.2, 0) is 9.47 Å². The smallest absolute Gasteiger partial charge is 0.186 e. The monoisotopic (exact) mass is 327 g/mol. The Morgan fingerprint density at radius 3 is 2.65 bits per heavy atom. The number of nitriles is 1. The Morgan fingerprint density at radius 2 is 2.13 bits per heavy atom. The minimum Gasteiger partial charge on any atom is -0.409 e. The van der Waals surface area contributed by atoms with Gasteiger partial charge in [0.15, 0.2) is 23.8 Å². The third-order valence-corrected chi connectivity index (χ3v) is 3.23. The predicted molar refractivity (Wildman–Crippen MR) is 73.7 cm³/mol. The Hall–Kier alpha value is -2.28. The van der Waals surface area contributed by atoms with Crippen LogP contribution in [0, 0.1) is 23.0 Å². The van der Waals surface area contributed by atoms with Crippen molar-refractivity contribution in [1.29, 1.82) is 5.26 Å². The molecule has 0 radical (unpaired) electrons. The van der Waals surface area contributed by atoms with Gasteiger partial charge in [-0.3, -0.25) is 0 Å². The molecule has 0 aromatic heterocycles. The summed E-state index contributed by atoms with van der Waals surface area (Å²) >= 11 is 0. The molecule has 124 valence electrons. The first-order valence-electron chi connectivity index (χ1n) is 6.78. The molecule has 1 unspecified atom stereocenters. The number of aliphatic hydroxyl groups excluding tert-OH is 1. The number of halogens is 2. The topological polar surface area (TPSA) is 107 Å². The van der Waals surface area contributed by atoms with Crippen molar-refractivity contribution in [3.05, 3.63) is 34.4 Å². The molecule has 1 fully saturated rings. The van der Waals surface area contributed by atoms with Crippen LogP contribution in [0.15, 0.2) is 11.2 Å². The van der Waals surface area contributed by atoms with E-state index in [1.807, 2.05) is 0 Å². The minimum atomic E-state index is -1.18. The Kier molecular flexibility index (Phi) is 5.44. The highest BCUT2D eigenvalue weighted by Gasteiger charge is 2.29. The quantitative estimate of drug-likeness (QED) is 0.329. The molecule has 7 nitrogen and oxygen atoms in total. The summed E-state index contributed by atoms with van der Waals surface area (Å²) in [6, 6.07) is 1.93. The Morgan fingerprint density at radius 1 is 1.48 bits per heavy atom. The molecule has 0 spiro atoms. The molecule has 0 saturated carbocycles. The molecule has 9 heteroatoms. The standard InChI is InChI=1S/C14H15F2N3O4/c1-7(6-20)18-13(19-21)8-4-9(14-22-2-3-23-14)12(16)10(5-17)11(8)15/h4,7,14,20-21H,2-3,6H2,1H3,(H,18,19). The number of nitrogens with zero attached hydrogens (tertiary/aromatic N) is 2. The third kappa shape index (κ3) is 3.39. The number of nitrogens with one attached hydrogen (secondary N) is 1. The molecule has 0 aliphatic carbocycles. The number of hydrogen-bond donors (Lipinski definition) is 3. The highest BCUT2D eigenvalue weighted by Crippen LogP contribution is 2.30. The Balaban J connectivity index is 2.54. The number of ether oxygens (including phenoxy) is 2. The minimum absolute atomic E-state index is 0.171. The molecule has 1 aromatic carbocycles. The van der Waals surface area contributed by atoms with Gasteiger partial charge in [-0.15, -0.1) is 0 Å². The van der Waals surface area contributed by atoms with Crippen LogP contribution < -0.4 is 5.32 Å². The maximum atomic E-state index is 14.4. The summed E-state index contributed by atoms with van der Waals surface area (Å²) in [6.07, 6.45) is -1.07. The van der Waals surface area contributed by atoms with Gasteiger partial charge in [-0.05, 0) is 13.0 Å². The fourth-order valence-corrected chi connectivity index (χ4v) is 2.08. The lowest BCUT2D eigenvalue weighted by atomic mass is 10.0. The van der Waals surface area contributed by atoms with Crippen LogP contribution in [0.3, 0.4) is 0 Å². The number of rotatable bonds is 4. The van der Waals surface area contributed by atoms with Gasteiger partial charge in [0.2, 0.25) is 0 Å². The number of oxime groups is 1. The summed E-state index contributed by atoms with van der Waals surface area (Å²) in [5.41, 5.74) is -1.34. The first kappa shape index (κ1) is 17.1. The molecule has 0 bridgehead atoms. The van der Waals surface area contributed by atoms with Gasteiger partial charge >= 0.3 is 0 Å². The van der Waals surface area contributed by atoms with Crippen LogP contribution in [0.4, 0.5) is 8.78 Å². The zero-order chi connectivity index (χ0) is 17.0. The van der Waals surface area contributed by atoms with E-state index in [1.165, 1.54) is 6.07 Å². The summed E-state index contributed by atoms with van der Waals surface area (Å²) in [5, 5.41) is 32.6. The highest BCUT2D eigenvalue weighted by atomic mass is 19.1. The molecule has 1 atom stereocenters. The largest absolute Gasteiger partial charge is 0.409 e. The normalized spacial score (nSPS) is 17.1. The van der Waals surface area contributed by atoms with Crippen molar-refractivity contribution < 1.29 is 28.6 Å². The third-order valence-electron chi connectivity index (χ3n) is 3.23. The molecule has 23 heavy (non-hydrogen) atoms. The number of benzene rings is 1. The predicted octanol–water partition coefficient (Wildman–Crippen LogP) is 0.988. The second kappa shape index (κ2) is 7.32. The van der Waals surface area contributed by atoms with Crippen molar-refractivity contribution in [1.82, 2.24) is 5.32 Å². The molecular weight excluding hydrogens is 312 g/mol. The van der Waals surface area contributed by atoms with Crippen molar-refractivity contribution in [3.8, 4) is 6.07 Å². The van der Waals surface area contributed by atoms with E-state index in [-0.39, 0.29) is 36.8 Å². The van der Waals surface area contributed by atoms with E-state index in [2.05, 4.69) is 10.5 Å². The van der Waals surface area contributed by atoms with Crippen LogP contribution in [0.2, 0.25) is 0 Å². The summed E-state index contributed by atoms with van der Waals surface area (Å²) < 4.78 is 39.0. The SMILES string of the molecule is CC(CO)NC(=NO)c1cc(C2OCCO2)c(F)c(C#N)c1F. The van der Waals surface area contributed by atoms with Crippen LogP contribution in [0.25, 0.3) is 0 Å². The van der Waals surface area contributed by atoms with E-state index in [4.69, 9.17) is 25.0 Å². The highest BCUT2D eigenvalue weighted by molar-refractivity contribution is 5.99. The van der Waals surface area contributed by atoms with Crippen LogP contribution >= 0.6 is 0 Å². The van der Waals surface area contributed by atoms with Gasteiger partial charge in [-0.2, -0.15) is 5.26 Å². The summed E-state index contributed by atoms with van der Waals surface area (Å²) in [4.78, 5) is 0. The maximum Gasteiger partial charge on any atom is 0.186 e.